The number of nitriles is 1. The van der Waals surface area contributed by atoms with Crippen LogP contribution < -0.4 is 4.74 Å². The highest BCUT2D eigenvalue weighted by Crippen LogP contribution is 2.27. The summed E-state index contributed by atoms with van der Waals surface area (Å²) < 4.78 is 19.4. The molecular weight excluding hydrogens is 269 g/mol. The lowest BCUT2D eigenvalue weighted by Gasteiger charge is -2.14. The van der Waals surface area contributed by atoms with Crippen LogP contribution in [0, 0.1) is 24.1 Å². The Morgan fingerprint density at radius 2 is 2.05 bits per heavy atom. The molecule has 0 heterocycles. The molecular formula is C17H16FNO2. The first-order valence-corrected chi connectivity index (χ1v) is 6.61. The molecule has 0 radical (unpaired) electrons. The van der Waals surface area contributed by atoms with Gasteiger partial charge in [-0.15, -0.1) is 0 Å². The smallest absolute Gasteiger partial charge is 0.131 e. The number of aliphatic hydroxyl groups excluding tert-OH is 1. The molecule has 21 heavy (non-hydrogen) atoms. The van der Waals surface area contributed by atoms with Gasteiger partial charge in [-0.1, -0.05) is 18.2 Å². The predicted molar refractivity (Wildman–Crippen MR) is 77.3 cm³/mol. The summed E-state index contributed by atoms with van der Waals surface area (Å²) in [4.78, 5) is 0. The van der Waals surface area contributed by atoms with Crippen LogP contribution in [0.3, 0.4) is 0 Å². The van der Waals surface area contributed by atoms with Crippen LogP contribution in [0.1, 0.15) is 35.3 Å². The third kappa shape index (κ3) is 3.59. The number of halogens is 1. The van der Waals surface area contributed by atoms with E-state index in [2.05, 4.69) is 0 Å². The zero-order valence-electron chi connectivity index (χ0n) is 11.9. The van der Waals surface area contributed by atoms with E-state index in [1.165, 1.54) is 12.1 Å². The van der Waals surface area contributed by atoms with E-state index < -0.39 is 11.9 Å². The highest BCUT2D eigenvalue weighted by atomic mass is 19.1. The zero-order chi connectivity index (χ0) is 15.4. The fourth-order valence-corrected chi connectivity index (χ4v) is 2.00. The number of aliphatic hydroxyl groups is 1. The summed E-state index contributed by atoms with van der Waals surface area (Å²) in [6, 6.07) is 11.6. The Bertz CT molecular complexity index is 690. The minimum absolute atomic E-state index is 0.0424. The standard InChI is InChI=1S/C17H16FNO2/c1-11-3-6-15(12(2)20)17(7-11)21-10-14-5-4-13(9-19)8-16(14)18/h3-8,12,20H,10H2,1-2H3/t12-/m0/s1. The van der Waals surface area contributed by atoms with Crippen molar-refractivity contribution in [1.82, 2.24) is 0 Å². The van der Waals surface area contributed by atoms with E-state index in [9.17, 15) is 9.50 Å². The third-order valence-electron chi connectivity index (χ3n) is 3.18. The Kier molecular flexibility index (Phi) is 4.56. The molecule has 0 saturated heterocycles. The molecule has 4 heteroatoms. The van der Waals surface area contributed by atoms with E-state index in [1.807, 2.05) is 25.1 Å². The third-order valence-corrected chi connectivity index (χ3v) is 3.18. The Morgan fingerprint density at radius 3 is 2.67 bits per heavy atom. The topological polar surface area (TPSA) is 53.2 Å². The number of ether oxygens (including phenoxy) is 1. The second-order valence-corrected chi connectivity index (χ2v) is 4.92. The van der Waals surface area contributed by atoms with Gasteiger partial charge in [0, 0.05) is 11.1 Å². The molecule has 0 aromatic heterocycles. The largest absolute Gasteiger partial charge is 0.488 e. The van der Waals surface area contributed by atoms with Crippen molar-refractivity contribution >= 4 is 0 Å². The number of benzene rings is 2. The Morgan fingerprint density at radius 1 is 1.29 bits per heavy atom. The summed E-state index contributed by atoms with van der Waals surface area (Å²) in [5.74, 6) is 0.0639. The first-order valence-electron chi connectivity index (χ1n) is 6.61. The summed E-state index contributed by atoms with van der Waals surface area (Å²) >= 11 is 0. The van der Waals surface area contributed by atoms with Crippen molar-refractivity contribution in [2.75, 3.05) is 0 Å². The number of hydrogen-bond donors (Lipinski definition) is 1. The molecule has 0 fully saturated rings. The molecule has 0 spiro atoms. The predicted octanol–water partition coefficient (Wildman–Crippen LogP) is 3.64. The van der Waals surface area contributed by atoms with Crippen molar-refractivity contribution in [3.05, 3.63) is 64.5 Å². The van der Waals surface area contributed by atoms with Crippen LogP contribution in [0.5, 0.6) is 5.75 Å². The van der Waals surface area contributed by atoms with Crippen molar-refractivity contribution < 1.29 is 14.2 Å². The van der Waals surface area contributed by atoms with Crippen molar-refractivity contribution in [2.45, 2.75) is 26.6 Å². The molecule has 2 rings (SSSR count). The molecule has 0 aliphatic rings. The van der Waals surface area contributed by atoms with Gasteiger partial charge in [0.2, 0.25) is 0 Å². The maximum atomic E-state index is 13.8. The van der Waals surface area contributed by atoms with Gasteiger partial charge in [0.25, 0.3) is 0 Å². The molecule has 2 aromatic rings. The second kappa shape index (κ2) is 6.38. The van der Waals surface area contributed by atoms with Crippen molar-refractivity contribution in [1.29, 1.82) is 5.26 Å². The van der Waals surface area contributed by atoms with E-state index in [4.69, 9.17) is 10.00 Å². The lowest BCUT2D eigenvalue weighted by atomic mass is 10.1. The summed E-state index contributed by atoms with van der Waals surface area (Å²) in [6.07, 6.45) is -0.661. The van der Waals surface area contributed by atoms with Crippen LogP contribution in [0.25, 0.3) is 0 Å². The van der Waals surface area contributed by atoms with Crippen LogP contribution >= 0.6 is 0 Å². The van der Waals surface area contributed by atoms with Crippen LogP contribution in [0.2, 0.25) is 0 Å². The van der Waals surface area contributed by atoms with Gasteiger partial charge in [-0.25, -0.2) is 4.39 Å². The SMILES string of the molecule is Cc1ccc([C@H](C)O)c(OCc2ccc(C#N)cc2F)c1. The number of nitrogens with zero attached hydrogens (tertiary/aromatic N) is 1. The zero-order valence-corrected chi connectivity index (χ0v) is 11.9. The van der Waals surface area contributed by atoms with E-state index in [0.717, 1.165) is 5.56 Å². The Hall–Kier alpha value is -2.38. The molecule has 3 nitrogen and oxygen atoms in total. The van der Waals surface area contributed by atoms with Gasteiger partial charge < -0.3 is 9.84 Å². The van der Waals surface area contributed by atoms with E-state index >= 15 is 0 Å². The van der Waals surface area contributed by atoms with Gasteiger partial charge in [0.1, 0.15) is 18.2 Å². The molecule has 0 bridgehead atoms. The first kappa shape index (κ1) is 15.0. The molecule has 0 saturated carbocycles. The molecule has 2 aromatic carbocycles. The highest BCUT2D eigenvalue weighted by molar-refractivity contribution is 5.39. The molecule has 0 amide bonds. The molecule has 108 valence electrons. The van der Waals surface area contributed by atoms with Gasteiger partial charge in [0.05, 0.1) is 17.7 Å². The van der Waals surface area contributed by atoms with Gasteiger partial charge in [-0.05, 0) is 37.6 Å². The summed E-state index contributed by atoms with van der Waals surface area (Å²) in [5.41, 5.74) is 2.30. The van der Waals surface area contributed by atoms with Gasteiger partial charge in [-0.2, -0.15) is 5.26 Å². The number of rotatable bonds is 4. The van der Waals surface area contributed by atoms with Crippen LogP contribution in [0.4, 0.5) is 4.39 Å². The van der Waals surface area contributed by atoms with Gasteiger partial charge >= 0.3 is 0 Å². The minimum atomic E-state index is -0.661. The first-order chi connectivity index (χ1) is 10.0. The average molecular weight is 285 g/mol. The lowest BCUT2D eigenvalue weighted by Crippen LogP contribution is -2.03. The van der Waals surface area contributed by atoms with Crippen molar-refractivity contribution in [2.24, 2.45) is 0 Å². The van der Waals surface area contributed by atoms with Crippen LogP contribution in [-0.4, -0.2) is 5.11 Å². The van der Waals surface area contributed by atoms with E-state index in [-0.39, 0.29) is 12.2 Å². The van der Waals surface area contributed by atoms with Crippen LogP contribution in [-0.2, 0) is 6.61 Å². The van der Waals surface area contributed by atoms with E-state index in [0.29, 0.717) is 16.9 Å². The van der Waals surface area contributed by atoms with E-state index in [1.54, 1.807) is 19.1 Å². The van der Waals surface area contributed by atoms with Crippen LogP contribution in [0.15, 0.2) is 36.4 Å². The minimum Gasteiger partial charge on any atom is -0.488 e. The second-order valence-electron chi connectivity index (χ2n) is 4.92. The number of hydrogen-bond acceptors (Lipinski definition) is 3. The average Bonchev–Trinajstić information content (AvgIpc) is 2.45. The molecule has 0 aliphatic carbocycles. The Balaban J connectivity index is 2.20. The molecule has 1 N–H and O–H groups in total. The highest BCUT2D eigenvalue weighted by Gasteiger charge is 2.11. The summed E-state index contributed by atoms with van der Waals surface area (Å²) in [5, 5.41) is 18.4. The van der Waals surface area contributed by atoms with Crippen molar-refractivity contribution in [3.63, 3.8) is 0 Å². The number of aryl methyl sites for hydroxylation is 1. The lowest BCUT2D eigenvalue weighted by molar-refractivity contribution is 0.190. The van der Waals surface area contributed by atoms with Crippen molar-refractivity contribution in [3.8, 4) is 11.8 Å². The summed E-state index contributed by atoms with van der Waals surface area (Å²) in [7, 11) is 0. The fraction of sp³-hybridized carbons (Fsp3) is 0.235. The van der Waals surface area contributed by atoms with Gasteiger partial charge in [0.15, 0.2) is 0 Å². The normalized spacial score (nSPS) is 11.8. The maximum Gasteiger partial charge on any atom is 0.131 e. The monoisotopic (exact) mass is 285 g/mol. The summed E-state index contributed by atoms with van der Waals surface area (Å²) in [6.45, 7) is 3.61. The molecule has 1 atom stereocenters. The fourth-order valence-electron chi connectivity index (χ4n) is 2.00. The maximum absolute atomic E-state index is 13.8. The van der Waals surface area contributed by atoms with Gasteiger partial charge in [-0.3, -0.25) is 0 Å². The quantitative estimate of drug-likeness (QED) is 0.933. The molecule has 0 unspecified atom stereocenters. The Labute approximate surface area is 123 Å². The molecule has 0 aliphatic heterocycles.